The molecule has 1 aromatic heterocycles. The number of imide groups is 1. The van der Waals surface area contributed by atoms with E-state index in [1.165, 1.54) is 19.2 Å². The molecule has 3 aromatic rings. The number of aryl methyl sites for hydroxylation is 1. The summed E-state index contributed by atoms with van der Waals surface area (Å²) in [6.07, 6.45) is 1.57. The molecule has 3 amide bonds. The molecule has 1 aliphatic rings. The largest absolute Gasteiger partial charge is 0.488 e. The number of carbonyl (C=O) groups excluding carboxylic acids is 3. The highest BCUT2D eigenvalue weighted by Gasteiger charge is 2.34. The lowest BCUT2D eigenvalue weighted by molar-refractivity contribution is -0.123. The Morgan fingerprint density at radius 1 is 1.12 bits per heavy atom. The number of benzene rings is 2. The van der Waals surface area contributed by atoms with Gasteiger partial charge in [0.05, 0.1) is 13.7 Å². The van der Waals surface area contributed by atoms with Crippen molar-refractivity contribution in [3.63, 3.8) is 0 Å². The summed E-state index contributed by atoms with van der Waals surface area (Å²) in [5.41, 5.74) is 2.89. The van der Waals surface area contributed by atoms with Crippen LogP contribution in [-0.4, -0.2) is 29.9 Å². The Balaban J connectivity index is 1.52. The summed E-state index contributed by atoms with van der Waals surface area (Å²) in [5, 5.41) is 2.58. The molecule has 0 radical (unpaired) electrons. The van der Waals surface area contributed by atoms with E-state index in [2.05, 4.69) is 26.0 Å². The number of urea groups is 1. The number of amides is 3. The predicted molar refractivity (Wildman–Crippen MR) is 127 cm³/mol. The maximum absolute atomic E-state index is 12.9. The van der Waals surface area contributed by atoms with Gasteiger partial charge >= 0.3 is 12.0 Å². The van der Waals surface area contributed by atoms with E-state index in [0.29, 0.717) is 17.9 Å². The standard InChI is InChI=1S/C25H21BrN2O6/c1-15-3-5-16(6-4-15)14-33-21-9-7-18(26)11-17(21)12-20-23(29)28(25(31)27-20)13-19-8-10-22(34-19)24(30)32-2/h3-12H,13-14H2,1-2H3,(H,27,31)/b20-12-. The molecule has 8 nitrogen and oxygen atoms in total. The van der Waals surface area contributed by atoms with Crippen molar-refractivity contribution >= 4 is 39.9 Å². The third-order valence-corrected chi connectivity index (χ3v) is 5.60. The second kappa shape index (κ2) is 9.96. The van der Waals surface area contributed by atoms with Crippen LogP contribution >= 0.6 is 15.9 Å². The number of halogens is 1. The molecule has 1 saturated heterocycles. The number of nitrogens with zero attached hydrogens (tertiary/aromatic N) is 1. The maximum Gasteiger partial charge on any atom is 0.373 e. The Labute approximate surface area is 204 Å². The summed E-state index contributed by atoms with van der Waals surface area (Å²) in [4.78, 5) is 37.9. The second-order valence-electron chi connectivity index (χ2n) is 7.59. The number of hydrogen-bond donors (Lipinski definition) is 1. The van der Waals surface area contributed by atoms with Crippen molar-refractivity contribution in [1.82, 2.24) is 10.2 Å². The van der Waals surface area contributed by atoms with Crippen LogP contribution in [0.3, 0.4) is 0 Å². The average Bonchev–Trinajstić information content (AvgIpc) is 3.39. The van der Waals surface area contributed by atoms with E-state index in [1.54, 1.807) is 18.2 Å². The SMILES string of the molecule is COC(=O)c1ccc(CN2C(=O)N/C(=C\c3cc(Br)ccc3OCc3ccc(C)cc3)C2=O)o1. The maximum atomic E-state index is 12.9. The van der Waals surface area contributed by atoms with Gasteiger partial charge < -0.3 is 19.2 Å². The van der Waals surface area contributed by atoms with Crippen molar-refractivity contribution in [2.45, 2.75) is 20.1 Å². The van der Waals surface area contributed by atoms with E-state index in [1.807, 2.05) is 37.3 Å². The molecule has 4 rings (SSSR count). The molecule has 0 unspecified atom stereocenters. The third kappa shape index (κ3) is 5.20. The van der Waals surface area contributed by atoms with Gasteiger partial charge in [-0.3, -0.25) is 9.69 Å². The quantitative estimate of drug-likeness (QED) is 0.270. The van der Waals surface area contributed by atoms with Crippen LogP contribution in [0, 0.1) is 6.92 Å². The molecule has 34 heavy (non-hydrogen) atoms. The molecular formula is C25H21BrN2O6. The Kier molecular flexibility index (Phi) is 6.83. The van der Waals surface area contributed by atoms with Gasteiger partial charge in [-0.25, -0.2) is 9.59 Å². The number of carbonyl (C=O) groups is 3. The summed E-state index contributed by atoms with van der Waals surface area (Å²) in [6.45, 7) is 2.24. The van der Waals surface area contributed by atoms with Crippen LogP contribution in [-0.2, 0) is 22.7 Å². The van der Waals surface area contributed by atoms with Crippen molar-refractivity contribution in [1.29, 1.82) is 0 Å². The van der Waals surface area contributed by atoms with Crippen LogP contribution in [0.5, 0.6) is 5.75 Å². The first-order chi connectivity index (χ1) is 16.3. The van der Waals surface area contributed by atoms with Crippen LogP contribution in [0.4, 0.5) is 4.79 Å². The van der Waals surface area contributed by atoms with Crippen LogP contribution in [0.2, 0.25) is 0 Å². The normalized spacial score (nSPS) is 14.4. The fourth-order valence-electron chi connectivity index (χ4n) is 3.31. The molecule has 2 aromatic carbocycles. The number of methoxy groups -OCH3 is 1. The molecule has 9 heteroatoms. The zero-order valence-corrected chi connectivity index (χ0v) is 20.0. The minimum absolute atomic E-state index is 0.00942. The molecule has 174 valence electrons. The van der Waals surface area contributed by atoms with E-state index in [4.69, 9.17) is 9.15 Å². The number of esters is 1. The lowest BCUT2D eigenvalue weighted by Crippen LogP contribution is -2.30. The first kappa shape index (κ1) is 23.3. The van der Waals surface area contributed by atoms with Gasteiger partial charge in [-0.15, -0.1) is 0 Å². The Morgan fingerprint density at radius 2 is 1.88 bits per heavy atom. The fourth-order valence-corrected chi connectivity index (χ4v) is 3.69. The minimum Gasteiger partial charge on any atom is -0.488 e. The van der Waals surface area contributed by atoms with Crippen LogP contribution in [0.25, 0.3) is 6.08 Å². The van der Waals surface area contributed by atoms with Gasteiger partial charge in [0.2, 0.25) is 5.76 Å². The fraction of sp³-hybridized carbons (Fsp3) is 0.160. The molecule has 0 aliphatic carbocycles. The topological polar surface area (TPSA) is 98.1 Å². The molecule has 1 fully saturated rings. The molecule has 1 N–H and O–H groups in total. The molecular weight excluding hydrogens is 504 g/mol. The van der Waals surface area contributed by atoms with Gasteiger partial charge in [0.15, 0.2) is 0 Å². The van der Waals surface area contributed by atoms with Crippen molar-refractivity contribution in [3.05, 3.63) is 93.0 Å². The molecule has 0 saturated carbocycles. The summed E-state index contributed by atoms with van der Waals surface area (Å²) >= 11 is 3.44. The highest BCUT2D eigenvalue weighted by molar-refractivity contribution is 9.10. The Hall–Kier alpha value is -3.85. The summed E-state index contributed by atoms with van der Waals surface area (Å²) in [6, 6.07) is 15.8. The van der Waals surface area contributed by atoms with Crippen LogP contribution in [0.15, 0.2) is 69.2 Å². The smallest absolute Gasteiger partial charge is 0.373 e. The average molecular weight is 525 g/mol. The first-order valence-corrected chi connectivity index (χ1v) is 11.1. The molecule has 1 aliphatic heterocycles. The van der Waals surface area contributed by atoms with E-state index in [-0.39, 0.29) is 23.8 Å². The molecule has 0 atom stereocenters. The van der Waals surface area contributed by atoms with Crippen LogP contribution < -0.4 is 10.1 Å². The lowest BCUT2D eigenvalue weighted by atomic mass is 10.1. The predicted octanol–water partition coefficient (Wildman–Crippen LogP) is 4.81. The van der Waals surface area contributed by atoms with Gasteiger partial charge in [-0.2, -0.15) is 0 Å². The van der Waals surface area contributed by atoms with Crippen molar-refractivity contribution < 1.29 is 28.3 Å². The van der Waals surface area contributed by atoms with Gasteiger partial charge in [0.1, 0.15) is 23.8 Å². The molecule has 0 bridgehead atoms. The highest BCUT2D eigenvalue weighted by atomic mass is 79.9. The summed E-state index contributed by atoms with van der Waals surface area (Å²) in [7, 11) is 1.24. The first-order valence-electron chi connectivity index (χ1n) is 10.3. The third-order valence-electron chi connectivity index (χ3n) is 5.11. The summed E-state index contributed by atoms with van der Waals surface area (Å²) in [5.74, 6) is -0.340. The van der Waals surface area contributed by atoms with Crippen LogP contribution in [0.1, 0.15) is 33.0 Å². The van der Waals surface area contributed by atoms with E-state index in [9.17, 15) is 14.4 Å². The zero-order valence-electron chi connectivity index (χ0n) is 18.5. The number of nitrogens with one attached hydrogen (secondary N) is 1. The van der Waals surface area contributed by atoms with Gasteiger partial charge in [-0.1, -0.05) is 45.8 Å². The second-order valence-corrected chi connectivity index (χ2v) is 8.51. The van der Waals surface area contributed by atoms with Gasteiger partial charge in [0, 0.05) is 10.0 Å². The van der Waals surface area contributed by atoms with Gasteiger partial charge in [0.25, 0.3) is 5.91 Å². The number of rotatable bonds is 7. The van der Waals surface area contributed by atoms with Crippen molar-refractivity contribution in [3.8, 4) is 5.75 Å². The van der Waals surface area contributed by atoms with E-state index >= 15 is 0 Å². The Bertz CT molecular complexity index is 1280. The molecule has 2 heterocycles. The summed E-state index contributed by atoms with van der Waals surface area (Å²) < 4.78 is 16.8. The van der Waals surface area contributed by atoms with Gasteiger partial charge in [-0.05, 0) is 48.9 Å². The lowest BCUT2D eigenvalue weighted by Gasteiger charge is -2.11. The number of furan rings is 1. The van der Waals surface area contributed by atoms with Crippen molar-refractivity contribution in [2.24, 2.45) is 0 Å². The van der Waals surface area contributed by atoms with E-state index in [0.717, 1.165) is 20.5 Å². The highest BCUT2D eigenvalue weighted by Crippen LogP contribution is 2.28. The van der Waals surface area contributed by atoms with Crippen molar-refractivity contribution in [2.75, 3.05) is 7.11 Å². The molecule has 0 spiro atoms. The minimum atomic E-state index is -0.642. The van der Waals surface area contributed by atoms with E-state index < -0.39 is 17.9 Å². The number of hydrogen-bond acceptors (Lipinski definition) is 6. The monoisotopic (exact) mass is 524 g/mol. The Morgan fingerprint density at radius 3 is 2.62 bits per heavy atom. The zero-order chi connectivity index (χ0) is 24.2. The number of ether oxygens (including phenoxy) is 2.